The van der Waals surface area contributed by atoms with Crippen LogP contribution in [0.15, 0.2) is 73.1 Å². The highest BCUT2D eigenvalue weighted by Crippen LogP contribution is 2.19. The maximum absolute atomic E-state index is 12.8. The Balaban J connectivity index is 1.41. The lowest BCUT2D eigenvalue weighted by Crippen LogP contribution is -2.18. The van der Waals surface area contributed by atoms with Crippen LogP contribution in [-0.2, 0) is 13.3 Å². The summed E-state index contributed by atoms with van der Waals surface area (Å²) in [5.74, 6) is 0.483. The molecule has 0 aliphatic heterocycles. The second kappa shape index (κ2) is 10.3. The first kappa shape index (κ1) is 22.6. The Morgan fingerprint density at radius 3 is 2.32 bits per heavy atom. The summed E-state index contributed by atoms with van der Waals surface area (Å²) in [7, 11) is 1.60. The molecule has 10 nitrogen and oxygen atoms in total. The van der Waals surface area contributed by atoms with E-state index in [2.05, 4.69) is 20.8 Å². The second-order valence-corrected chi connectivity index (χ2v) is 7.21. The quantitative estimate of drug-likeness (QED) is 0.394. The Labute approximate surface area is 196 Å². The Morgan fingerprint density at radius 2 is 1.62 bits per heavy atom. The molecule has 4 rings (SSSR count). The first-order chi connectivity index (χ1) is 16.6. The Hall–Kier alpha value is -4.60. The second-order valence-electron chi connectivity index (χ2n) is 7.21. The maximum atomic E-state index is 12.8. The number of hydrogen-bond donors (Lipinski definition) is 2. The number of aromatic nitrogens is 4. The van der Waals surface area contributed by atoms with E-state index >= 15 is 0 Å². The minimum atomic E-state index is -0.465. The molecule has 10 heteroatoms. The zero-order valence-corrected chi connectivity index (χ0v) is 18.8. The van der Waals surface area contributed by atoms with E-state index in [4.69, 9.17) is 9.47 Å². The number of para-hydroxylation sites is 1. The molecule has 2 aromatic carbocycles. The first-order valence-corrected chi connectivity index (χ1v) is 10.6. The van der Waals surface area contributed by atoms with Gasteiger partial charge in [-0.3, -0.25) is 14.3 Å². The van der Waals surface area contributed by atoms with E-state index in [0.717, 1.165) is 5.75 Å². The van der Waals surface area contributed by atoms with Crippen molar-refractivity contribution < 1.29 is 19.1 Å². The van der Waals surface area contributed by atoms with Crippen LogP contribution in [0, 0.1) is 0 Å². The molecule has 0 fully saturated rings. The monoisotopic (exact) mass is 460 g/mol. The Morgan fingerprint density at radius 1 is 0.882 bits per heavy atom. The zero-order chi connectivity index (χ0) is 23.9. The molecule has 0 atom stereocenters. The van der Waals surface area contributed by atoms with E-state index in [0.29, 0.717) is 23.7 Å². The van der Waals surface area contributed by atoms with Gasteiger partial charge in [0.1, 0.15) is 11.5 Å². The fraction of sp³-hybridized carbons (Fsp3) is 0.167. The highest BCUT2D eigenvalue weighted by Gasteiger charge is 2.20. The van der Waals surface area contributed by atoms with Crippen molar-refractivity contribution in [3.05, 3.63) is 84.4 Å². The molecule has 2 aromatic heterocycles. The van der Waals surface area contributed by atoms with Gasteiger partial charge < -0.3 is 20.1 Å². The molecule has 2 heterocycles. The van der Waals surface area contributed by atoms with E-state index in [9.17, 15) is 9.59 Å². The third-order valence-corrected chi connectivity index (χ3v) is 4.88. The molecule has 0 radical (unpaired) electrons. The molecule has 174 valence electrons. The number of hydrogen-bond acceptors (Lipinski definition) is 6. The van der Waals surface area contributed by atoms with Crippen molar-refractivity contribution in [1.29, 1.82) is 0 Å². The minimum absolute atomic E-state index is 0.112. The predicted octanol–water partition coefficient (Wildman–Crippen LogP) is 3.65. The fourth-order valence-corrected chi connectivity index (χ4v) is 3.11. The summed E-state index contributed by atoms with van der Waals surface area (Å²) in [6.45, 7) is 2.55. The number of rotatable bonds is 9. The number of methoxy groups -OCH3 is 1. The van der Waals surface area contributed by atoms with Crippen LogP contribution in [0.3, 0.4) is 0 Å². The molecule has 0 spiro atoms. The van der Waals surface area contributed by atoms with E-state index in [1.807, 2.05) is 25.1 Å². The number of carbonyl (C=O) groups is 2. The van der Waals surface area contributed by atoms with Crippen LogP contribution < -0.4 is 20.1 Å². The molecular formula is C24H24N6O4. The van der Waals surface area contributed by atoms with Gasteiger partial charge in [-0.25, -0.2) is 4.68 Å². The van der Waals surface area contributed by atoms with Crippen molar-refractivity contribution in [3.8, 4) is 11.5 Å². The largest absolute Gasteiger partial charge is 0.497 e. The van der Waals surface area contributed by atoms with Crippen LogP contribution in [0.1, 0.15) is 27.9 Å². The van der Waals surface area contributed by atoms with Gasteiger partial charge in [0, 0.05) is 24.6 Å². The molecule has 2 N–H and O–H groups in total. The standard InChI is InChI=1S/C24H24N6O4/c1-3-29-15-21(22(28-29)24(32)25-17-7-5-4-6-8-17)26-23(31)20-13-14-30(27-20)16-34-19-11-9-18(33-2)10-12-19/h4-15H,3,16H2,1-2H3,(H,25,32)(H,26,31). The summed E-state index contributed by atoms with van der Waals surface area (Å²) in [5.41, 5.74) is 1.22. The predicted molar refractivity (Wildman–Crippen MR) is 126 cm³/mol. The summed E-state index contributed by atoms with van der Waals surface area (Å²) in [6.07, 6.45) is 3.25. The normalized spacial score (nSPS) is 10.5. The molecule has 0 saturated carbocycles. The summed E-state index contributed by atoms with van der Waals surface area (Å²) < 4.78 is 13.9. The lowest BCUT2D eigenvalue weighted by atomic mass is 10.3. The number of ether oxygens (including phenoxy) is 2. The highest BCUT2D eigenvalue weighted by molar-refractivity contribution is 6.10. The van der Waals surface area contributed by atoms with Crippen molar-refractivity contribution in [1.82, 2.24) is 19.6 Å². The van der Waals surface area contributed by atoms with Crippen molar-refractivity contribution in [2.75, 3.05) is 17.7 Å². The van der Waals surface area contributed by atoms with Gasteiger partial charge in [0.05, 0.1) is 12.8 Å². The van der Waals surface area contributed by atoms with Crippen molar-refractivity contribution in [3.63, 3.8) is 0 Å². The van der Waals surface area contributed by atoms with Crippen LogP contribution >= 0.6 is 0 Å². The van der Waals surface area contributed by atoms with Crippen molar-refractivity contribution in [2.24, 2.45) is 0 Å². The third-order valence-electron chi connectivity index (χ3n) is 4.88. The fourth-order valence-electron chi connectivity index (χ4n) is 3.11. The summed E-state index contributed by atoms with van der Waals surface area (Å²) in [6, 6.07) is 17.7. The van der Waals surface area contributed by atoms with Gasteiger partial charge >= 0.3 is 0 Å². The number of carbonyl (C=O) groups excluding carboxylic acids is 2. The van der Waals surface area contributed by atoms with Gasteiger partial charge in [-0.15, -0.1) is 0 Å². The third kappa shape index (κ3) is 5.41. The van der Waals surface area contributed by atoms with E-state index < -0.39 is 11.8 Å². The lowest BCUT2D eigenvalue weighted by Gasteiger charge is -2.07. The number of nitrogens with one attached hydrogen (secondary N) is 2. The number of nitrogens with zero attached hydrogens (tertiary/aromatic N) is 4. The number of anilines is 2. The highest BCUT2D eigenvalue weighted by atomic mass is 16.5. The van der Waals surface area contributed by atoms with Crippen molar-refractivity contribution >= 4 is 23.2 Å². The molecule has 4 aromatic rings. The molecule has 0 bridgehead atoms. The van der Waals surface area contributed by atoms with Gasteiger partial charge in [-0.2, -0.15) is 10.2 Å². The van der Waals surface area contributed by atoms with Crippen molar-refractivity contribution in [2.45, 2.75) is 20.2 Å². The van der Waals surface area contributed by atoms with E-state index in [-0.39, 0.29) is 18.1 Å². The molecule has 0 aliphatic carbocycles. The number of amides is 2. The van der Waals surface area contributed by atoms with Crippen LogP contribution in [0.2, 0.25) is 0 Å². The Kier molecular flexibility index (Phi) is 6.87. The average Bonchev–Trinajstić information content (AvgIpc) is 3.51. The van der Waals surface area contributed by atoms with Gasteiger partial charge in [0.25, 0.3) is 11.8 Å². The van der Waals surface area contributed by atoms with Gasteiger partial charge in [0.2, 0.25) is 0 Å². The van der Waals surface area contributed by atoms with Crippen LogP contribution in [0.5, 0.6) is 11.5 Å². The average molecular weight is 460 g/mol. The molecule has 0 saturated heterocycles. The van der Waals surface area contributed by atoms with E-state index in [1.54, 1.807) is 66.6 Å². The number of aryl methyl sites for hydroxylation is 1. The smallest absolute Gasteiger partial charge is 0.278 e. The van der Waals surface area contributed by atoms with E-state index in [1.165, 1.54) is 4.68 Å². The topological polar surface area (TPSA) is 112 Å². The van der Waals surface area contributed by atoms with Gasteiger partial charge in [0.15, 0.2) is 18.1 Å². The molecule has 0 unspecified atom stereocenters. The van der Waals surface area contributed by atoms with Crippen LogP contribution in [0.25, 0.3) is 0 Å². The first-order valence-electron chi connectivity index (χ1n) is 10.6. The number of benzene rings is 2. The van der Waals surface area contributed by atoms with Gasteiger partial charge in [-0.05, 0) is 49.4 Å². The lowest BCUT2D eigenvalue weighted by molar-refractivity contribution is 0.102. The molecule has 34 heavy (non-hydrogen) atoms. The summed E-state index contributed by atoms with van der Waals surface area (Å²) in [5, 5.41) is 14.1. The molecule has 2 amide bonds. The molecule has 0 aliphatic rings. The minimum Gasteiger partial charge on any atom is -0.497 e. The zero-order valence-electron chi connectivity index (χ0n) is 18.8. The summed E-state index contributed by atoms with van der Waals surface area (Å²) in [4.78, 5) is 25.6. The van der Waals surface area contributed by atoms with Gasteiger partial charge in [-0.1, -0.05) is 18.2 Å². The summed E-state index contributed by atoms with van der Waals surface area (Å²) >= 11 is 0. The SMILES string of the molecule is CCn1cc(NC(=O)c2ccn(COc3ccc(OC)cc3)n2)c(C(=O)Nc2ccccc2)n1. The van der Waals surface area contributed by atoms with Crippen LogP contribution in [-0.4, -0.2) is 38.5 Å². The van der Waals surface area contributed by atoms with Crippen LogP contribution in [0.4, 0.5) is 11.4 Å². The molecular weight excluding hydrogens is 436 g/mol. The Bertz CT molecular complexity index is 1260. The maximum Gasteiger partial charge on any atom is 0.278 e.